The lowest BCUT2D eigenvalue weighted by Crippen LogP contribution is -2.23. The van der Waals surface area contributed by atoms with Crippen molar-refractivity contribution in [2.24, 2.45) is 0 Å². The number of carbonyl (C=O) groups is 2. The zero-order valence-corrected chi connectivity index (χ0v) is 16.5. The molecule has 2 rings (SSSR count). The molecule has 0 radical (unpaired) electrons. The van der Waals surface area contributed by atoms with E-state index >= 15 is 0 Å². The van der Waals surface area contributed by atoms with Crippen molar-refractivity contribution in [3.8, 4) is 5.75 Å². The van der Waals surface area contributed by atoms with Gasteiger partial charge in [0.15, 0.2) is 13.2 Å². The largest absolute Gasteiger partial charge is 0.480 e. The van der Waals surface area contributed by atoms with E-state index in [-0.39, 0.29) is 13.2 Å². The summed E-state index contributed by atoms with van der Waals surface area (Å²) in [5.41, 5.74) is 2.83. The van der Waals surface area contributed by atoms with E-state index in [2.05, 4.69) is 19.2 Å². The van der Waals surface area contributed by atoms with Gasteiger partial charge in [-0.2, -0.15) is 0 Å². The van der Waals surface area contributed by atoms with Crippen molar-refractivity contribution < 1.29 is 19.1 Å². The Balaban J connectivity index is 1.76. The van der Waals surface area contributed by atoms with Crippen LogP contribution in [0.25, 0.3) is 0 Å². The maximum atomic E-state index is 11.9. The van der Waals surface area contributed by atoms with Crippen LogP contribution in [0, 0.1) is 6.92 Å². The number of carbonyl (C=O) groups excluding carboxylic acids is 2. The van der Waals surface area contributed by atoms with Crippen LogP contribution in [-0.2, 0) is 14.3 Å². The van der Waals surface area contributed by atoms with Crippen LogP contribution in [0.5, 0.6) is 5.75 Å². The van der Waals surface area contributed by atoms with E-state index in [1.807, 2.05) is 37.3 Å². The van der Waals surface area contributed by atoms with Crippen molar-refractivity contribution in [1.29, 1.82) is 0 Å². The number of aryl methyl sites for hydroxylation is 1. The van der Waals surface area contributed by atoms with E-state index in [0.29, 0.717) is 22.4 Å². The summed E-state index contributed by atoms with van der Waals surface area (Å²) in [6.45, 7) is 5.47. The second kappa shape index (κ2) is 9.97. The molecular formula is C21H24ClNO4. The van der Waals surface area contributed by atoms with Crippen LogP contribution < -0.4 is 10.1 Å². The Morgan fingerprint density at radius 3 is 2.48 bits per heavy atom. The molecule has 0 aliphatic rings. The summed E-state index contributed by atoms with van der Waals surface area (Å²) in [4.78, 5) is 23.7. The number of halogens is 1. The number of rotatable bonds is 8. The van der Waals surface area contributed by atoms with Gasteiger partial charge in [0.25, 0.3) is 5.91 Å². The van der Waals surface area contributed by atoms with E-state index in [9.17, 15) is 9.59 Å². The van der Waals surface area contributed by atoms with Gasteiger partial charge in [-0.1, -0.05) is 43.6 Å². The SMILES string of the molecule is CC[C@H](C)c1ccc(NC(=O)COC(=O)COc2cc(C)ccc2Cl)cc1. The lowest BCUT2D eigenvalue weighted by atomic mass is 9.99. The van der Waals surface area contributed by atoms with Gasteiger partial charge in [0.1, 0.15) is 5.75 Å². The van der Waals surface area contributed by atoms with Gasteiger partial charge < -0.3 is 14.8 Å². The topological polar surface area (TPSA) is 64.6 Å². The highest BCUT2D eigenvalue weighted by atomic mass is 35.5. The highest BCUT2D eigenvalue weighted by molar-refractivity contribution is 6.32. The fourth-order valence-corrected chi connectivity index (χ4v) is 2.55. The molecule has 0 bridgehead atoms. The van der Waals surface area contributed by atoms with Gasteiger partial charge in [-0.25, -0.2) is 4.79 Å². The molecule has 1 amide bonds. The fourth-order valence-electron chi connectivity index (χ4n) is 2.37. The maximum absolute atomic E-state index is 11.9. The Morgan fingerprint density at radius 2 is 1.81 bits per heavy atom. The zero-order valence-electron chi connectivity index (χ0n) is 15.8. The van der Waals surface area contributed by atoms with Crippen molar-refractivity contribution in [2.45, 2.75) is 33.1 Å². The monoisotopic (exact) mass is 389 g/mol. The van der Waals surface area contributed by atoms with Gasteiger partial charge in [0.05, 0.1) is 5.02 Å². The zero-order chi connectivity index (χ0) is 19.8. The lowest BCUT2D eigenvalue weighted by Gasteiger charge is -2.11. The molecule has 0 aromatic heterocycles. The Bertz CT molecular complexity index is 789. The molecule has 0 aliphatic heterocycles. The van der Waals surface area contributed by atoms with Gasteiger partial charge in [-0.3, -0.25) is 4.79 Å². The fraction of sp³-hybridized carbons (Fsp3) is 0.333. The standard InChI is InChI=1S/C21H24ClNO4/c1-4-15(3)16-6-8-17(9-7-16)23-20(24)12-27-21(25)13-26-19-11-14(2)5-10-18(19)22/h5-11,15H,4,12-13H2,1-3H3,(H,23,24)/t15-/m0/s1. The van der Waals surface area contributed by atoms with Crippen LogP contribution >= 0.6 is 11.6 Å². The van der Waals surface area contributed by atoms with Gasteiger partial charge in [0.2, 0.25) is 0 Å². The van der Waals surface area contributed by atoms with Crippen molar-refractivity contribution in [3.05, 3.63) is 58.6 Å². The molecule has 27 heavy (non-hydrogen) atoms. The molecule has 144 valence electrons. The minimum absolute atomic E-state index is 0.319. The van der Waals surface area contributed by atoms with Crippen LogP contribution in [0.2, 0.25) is 5.02 Å². The third kappa shape index (κ3) is 6.61. The summed E-state index contributed by atoms with van der Waals surface area (Å²) in [7, 11) is 0. The van der Waals surface area contributed by atoms with E-state index in [0.717, 1.165) is 12.0 Å². The Kier molecular flexibility index (Phi) is 7.67. The highest BCUT2D eigenvalue weighted by Crippen LogP contribution is 2.25. The summed E-state index contributed by atoms with van der Waals surface area (Å²) in [5, 5.41) is 3.10. The molecule has 0 fully saturated rings. The Morgan fingerprint density at radius 1 is 1.11 bits per heavy atom. The quantitative estimate of drug-likeness (QED) is 0.663. The summed E-state index contributed by atoms with van der Waals surface area (Å²) in [6.07, 6.45) is 1.05. The summed E-state index contributed by atoms with van der Waals surface area (Å²) >= 11 is 6.00. The minimum Gasteiger partial charge on any atom is -0.480 e. The van der Waals surface area contributed by atoms with E-state index in [1.54, 1.807) is 12.1 Å². The number of hydrogen-bond donors (Lipinski definition) is 1. The minimum atomic E-state index is -0.644. The van der Waals surface area contributed by atoms with Gasteiger partial charge >= 0.3 is 5.97 Å². The summed E-state index contributed by atoms with van der Waals surface area (Å²) < 4.78 is 10.3. The van der Waals surface area contributed by atoms with Crippen LogP contribution in [0.1, 0.15) is 37.3 Å². The molecule has 0 heterocycles. The van der Waals surface area contributed by atoms with Crippen molar-refractivity contribution in [2.75, 3.05) is 18.5 Å². The van der Waals surface area contributed by atoms with Gasteiger partial charge in [0, 0.05) is 5.69 Å². The number of anilines is 1. The molecule has 0 aliphatic carbocycles. The average molecular weight is 390 g/mol. The number of benzene rings is 2. The van der Waals surface area contributed by atoms with Crippen molar-refractivity contribution in [1.82, 2.24) is 0 Å². The number of nitrogens with one attached hydrogen (secondary N) is 1. The first-order valence-corrected chi connectivity index (χ1v) is 9.21. The Hall–Kier alpha value is -2.53. The number of amides is 1. The summed E-state index contributed by atoms with van der Waals surface area (Å²) in [5.74, 6) is -0.180. The van der Waals surface area contributed by atoms with Crippen LogP contribution in [-0.4, -0.2) is 25.1 Å². The molecule has 0 saturated carbocycles. The van der Waals surface area contributed by atoms with Gasteiger partial charge in [-0.15, -0.1) is 0 Å². The maximum Gasteiger partial charge on any atom is 0.344 e. The van der Waals surface area contributed by atoms with Crippen molar-refractivity contribution in [3.63, 3.8) is 0 Å². The highest BCUT2D eigenvalue weighted by Gasteiger charge is 2.11. The average Bonchev–Trinajstić information content (AvgIpc) is 2.67. The van der Waals surface area contributed by atoms with Crippen LogP contribution in [0.4, 0.5) is 5.69 Å². The normalized spacial score (nSPS) is 11.6. The third-order valence-corrected chi connectivity index (χ3v) is 4.48. The van der Waals surface area contributed by atoms with Crippen LogP contribution in [0.15, 0.2) is 42.5 Å². The first-order valence-electron chi connectivity index (χ1n) is 8.83. The Labute approximate surface area is 164 Å². The van der Waals surface area contributed by atoms with Gasteiger partial charge in [-0.05, 0) is 54.7 Å². The smallest absolute Gasteiger partial charge is 0.344 e. The first kappa shape index (κ1) is 20.8. The van der Waals surface area contributed by atoms with E-state index in [4.69, 9.17) is 21.1 Å². The molecule has 0 spiro atoms. The predicted octanol–water partition coefficient (Wildman–Crippen LogP) is 4.72. The second-order valence-corrected chi connectivity index (χ2v) is 6.77. The lowest BCUT2D eigenvalue weighted by molar-refractivity contribution is -0.149. The number of esters is 1. The third-order valence-electron chi connectivity index (χ3n) is 4.17. The van der Waals surface area contributed by atoms with E-state index in [1.165, 1.54) is 5.56 Å². The molecule has 1 atom stereocenters. The molecule has 2 aromatic rings. The molecular weight excluding hydrogens is 366 g/mol. The second-order valence-electron chi connectivity index (χ2n) is 6.36. The predicted molar refractivity (Wildman–Crippen MR) is 106 cm³/mol. The van der Waals surface area contributed by atoms with E-state index < -0.39 is 11.9 Å². The molecule has 2 aromatic carbocycles. The molecule has 6 heteroatoms. The summed E-state index contributed by atoms with van der Waals surface area (Å²) in [6, 6.07) is 12.9. The number of hydrogen-bond acceptors (Lipinski definition) is 4. The molecule has 0 unspecified atom stereocenters. The van der Waals surface area contributed by atoms with Crippen molar-refractivity contribution >= 4 is 29.2 Å². The molecule has 5 nitrogen and oxygen atoms in total. The first-order chi connectivity index (χ1) is 12.9. The molecule has 0 saturated heterocycles. The number of ether oxygens (including phenoxy) is 2. The van der Waals surface area contributed by atoms with Crippen LogP contribution in [0.3, 0.4) is 0 Å². The molecule has 1 N–H and O–H groups in total.